The van der Waals surface area contributed by atoms with Crippen molar-refractivity contribution in [2.24, 2.45) is 0 Å². The van der Waals surface area contributed by atoms with Crippen molar-refractivity contribution < 1.29 is 0 Å². The highest BCUT2D eigenvalue weighted by Gasteiger charge is 2.21. The molecule has 208 valence electrons. The molecule has 0 saturated carbocycles. The van der Waals surface area contributed by atoms with Crippen molar-refractivity contribution in [3.8, 4) is 16.8 Å². The zero-order valence-corrected chi connectivity index (χ0v) is 24.5. The largest absolute Gasteiger partial charge is 0.308 e. The molecule has 0 aliphatic carbocycles. The van der Waals surface area contributed by atoms with E-state index in [9.17, 15) is 0 Å². The average Bonchev–Trinajstić information content (AvgIpc) is 3.42. The van der Waals surface area contributed by atoms with E-state index in [4.69, 9.17) is 0 Å². The van der Waals surface area contributed by atoms with Crippen LogP contribution in [0.4, 0.5) is 0 Å². The molecule has 1 heterocycles. The maximum absolute atomic E-state index is 2.54. The maximum atomic E-state index is 2.54. The fourth-order valence-corrected chi connectivity index (χ4v) is 7.72. The standard InChI is InChI=1S/C44H27N/c1-2-13-30-25-33(22-21-28(30)11-1)42-35-17-7-9-19-37(35)44(38-20-10-8-18-36(38)42)45-40-24-23-29-12-5-6-16-34(29)43(40)39-26-31-14-3-4-15-32(31)27-41(39)45/h1-27H. The fourth-order valence-electron chi connectivity index (χ4n) is 7.72. The number of rotatable bonds is 2. The van der Waals surface area contributed by atoms with Crippen LogP contribution in [0.5, 0.6) is 0 Å². The van der Waals surface area contributed by atoms with Gasteiger partial charge in [-0.1, -0.05) is 140 Å². The van der Waals surface area contributed by atoms with Crippen LogP contribution in [0, 0.1) is 0 Å². The van der Waals surface area contributed by atoms with Crippen molar-refractivity contribution in [3.63, 3.8) is 0 Å². The summed E-state index contributed by atoms with van der Waals surface area (Å²) in [5.41, 5.74) is 6.22. The Morgan fingerprint density at radius 2 is 0.822 bits per heavy atom. The lowest BCUT2D eigenvalue weighted by atomic mass is 9.89. The predicted octanol–water partition coefficient (Wildman–Crippen LogP) is 12.2. The number of fused-ring (bicyclic) bond motifs is 9. The first kappa shape index (κ1) is 24.5. The minimum Gasteiger partial charge on any atom is -0.308 e. The molecule has 0 atom stereocenters. The van der Waals surface area contributed by atoms with Gasteiger partial charge in [-0.25, -0.2) is 0 Å². The zero-order chi connectivity index (χ0) is 29.5. The van der Waals surface area contributed by atoms with Crippen LogP contribution < -0.4 is 0 Å². The molecule has 1 nitrogen and oxygen atoms in total. The van der Waals surface area contributed by atoms with Crippen molar-refractivity contribution in [1.82, 2.24) is 4.57 Å². The maximum Gasteiger partial charge on any atom is 0.0619 e. The molecule has 0 amide bonds. The monoisotopic (exact) mass is 569 g/mol. The molecule has 9 aromatic carbocycles. The Labute approximate surface area is 260 Å². The lowest BCUT2D eigenvalue weighted by molar-refractivity contribution is 1.22. The number of hydrogen-bond acceptors (Lipinski definition) is 0. The predicted molar refractivity (Wildman–Crippen MR) is 194 cm³/mol. The Balaban J connectivity index is 1.42. The van der Waals surface area contributed by atoms with Crippen molar-refractivity contribution >= 4 is 75.7 Å². The molecule has 1 heteroatoms. The Morgan fingerprint density at radius 1 is 0.311 bits per heavy atom. The summed E-state index contributed by atoms with van der Waals surface area (Å²) < 4.78 is 2.54. The zero-order valence-electron chi connectivity index (χ0n) is 24.5. The molecule has 45 heavy (non-hydrogen) atoms. The molecule has 0 aliphatic heterocycles. The van der Waals surface area contributed by atoms with Gasteiger partial charge in [0.2, 0.25) is 0 Å². The molecule has 0 bridgehead atoms. The molecule has 10 rings (SSSR count). The third-order valence-corrected chi connectivity index (χ3v) is 9.69. The van der Waals surface area contributed by atoms with Gasteiger partial charge in [0.25, 0.3) is 0 Å². The second-order valence-electron chi connectivity index (χ2n) is 12.1. The molecule has 0 radical (unpaired) electrons. The van der Waals surface area contributed by atoms with E-state index >= 15 is 0 Å². The molecule has 10 aromatic rings. The van der Waals surface area contributed by atoms with E-state index < -0.39 is 0 Å². The molecule has 0 saturated heterocycles. The van der Waals surface area contributed by atoms with E-state index in [1.807, 2.05) is 0 Å². The van der Waals surface area contributed by atoms with Crippen LogP contribution in [0.1, 0.15) is 0 Å². The van der Waals surface area contributed by atoms with Crippen LogP contribution in [0.15, 0.2) is 164 Å². The number of nitrogens with zero attached hydrogens (tertiary/aromatic N) is 1. The van der Waals surface area contributed by atoms with Crippen LogP contribution in [0.2, 0.25) is 0 Å². The van der Waals surface area contributed by atoms with Crippen molar-refractivity contribution in [1.29, 1.82) is 0 Å². The van der Waals surface area contributed by atoms with Crippen molar-refractivity contribution in [2.75, 3.05) is 0 Å². The molecule has 0 N–H and O–H groups in total. The van der Waals surface area contributed by atoms with Gasteiger partial charge in [-0.2, -0.15) is 0 Å². The summed E-state index contributed by atoms with van der Waals surface area (Å²) in [5, 5.41) is 15.2. The van der Waals surface area contributed by atoms with Gasteiger partial charge in [-0.3, -0.25) is 0 Å². The number of hydrogen-bond donors (Lipinski definition) is 0. The summed E-state index contributed by atoms with van der Waals surface area (Å²) in [6, 6.07) is 60.4. The van der Waals surface area contributed by atoms with Crippen LogP contribution in [-0.2, 0) is 0 Å². The van der Waals surface area contributed by atoms with Crippen molar-refractivity contribution in [3.05, 3.63) is 164 Å². The third kappa shape index (κ3) is 3.50. The second kappa shape index (κ2) is 9.29. The molecule has 0 unspecified atom stereocenters. The average molecular weight is 570 g/mol. The molecular weight excluding hydrogens is 542 g/mol. The van der Waals surface area contributed by atoms with Gasteiger partial charge in [-0.15, -0.1) is 0 Å². The Kier molecular flexibility index (Phi) is 5.06. The third-order valence-electron chi connectivity index (χ3n) is 9.69. The van der Waals surface area contributed by atoms with Gasteiger partial charge >= 0.3 is 0 Å². The van der Waals surface area contributed by atoms with Gasteiger partial charge in [-0.05, 0) is 78.5 Å². The smallest absolute Gasteiger partial charge is 0.0619 e. The van der Waals surface area contributed by atoms with E-state index in [1.165, 1.54) is 92.5 Å². The topological polar surface area (TPSA) is 4.93 Å². The number of benzene rings is 9. The summed E-state index contributed by atoms with van der Waals surface area (Å²) in [7, 11) is 0. The van der Waals surface area contributed by atoms with Gasteiger partial charge in [0.05, 0.1) is 16.7 Å². The summed E-state index contributed by atoms with van der Waals surface area (Å²) in [6.07, 6.45) is 0. The first-order chi connectivity index (χ1) is 22.3. The summed E-state index contributed by atoms with van der Waals surface area (Å²) in [5.74, 6) is 0. The minimum absolute atomic E-state index is 1.23. The van der Waals surface area contributed by atoms with Crippen LogP contribution >= 0.6 is 0 Å². The molecule has 0 fully saturated rings. The molecule has 1 aromatic heterocycles. The Bertz CT molecular complexity index is 2760. The summed E-state index contributed by atoms with van der Waals surface area (Å²) >= 11 is 0. The highest BCUT2D eigenvalue weighted by atomic mass is 15.0. The van der Waals surface area contributed by atoms with Gasteiger partial charge in [0, 0.05) is 21.5 Å². The van der Waals surface area contributed by atoms with Gasteiger partial charge < -0.3 is 4.57 Å². The van der Waals surface area contributed by atoms with E-state index in [2.05, 4.69) is 168 Å². The summed E-state index contributed by atoms with van der Waals surface area (Å²) in [6.45, 7) is 0. The van der Waals surface area contributed by atoms with E-state index in [-0.39, 0.29) is 0 Å². The first-order valence-electron chi connectivity index (χ1n) is 15.6. The van der Waals surface area contributed by atoms with E-state index in [1.54, 1.807) is 0 Å². The molecule has 0 spiro atoms. The first-order valence-corrected chi connectivity index (χ1v) is 15.6. The lowest BCUT2D eigenvalue weighted by Gasteiger charge is -2.20. The quantitative estimate of drug-likeness (QED) is 0.183. The SMILES string of the molecule is c1ccc2cc(-c3c4ccccc4c(-n4c5cc6ccccc6cc5c5c6ccccc6ccc54)c4ccccc34)ccc2c1. The lowest BCUT2D eigenvalue weighted by Crippen LogP contribution is -1.99. The minimum atomic E-state index is 1.23. The Hall–Kier alpha value is -5.92. The van der Waals surface area contributed by atoms with Gasteiger partial charge in [0.15, 0.2) is 0 Å². The molecular formula is C44H27N. The van der Waals surface area contributed by atoms with E-state index in [0.717, 1.165) is 0 Å². The summed E-state index contributed by atoms with van der Waals surface area (Å²) in [4.78, 5) is 0. The Morgan fingerprint density at radius 3 is 1.51 bits per heavy atom. The molecule has 0 aliphatic rings. The number of aromatic nitrogens is 1. The highest BCUT2D eigenvalue weighted by Crippen LogP contribution is 2.45. The van der Waals surface area contributed by atoms with Crippen LogP contribution in [0.3, 0.4) is 0 Å². The fraction of sp³-hybridized carbons (Fsp3) is 0. The van der Waals surface area contributed by atoms with E-state index in [0.29, 0.717) is 0 Å². The normalized spacial score (nSPS) is 12.0. The van der Waals surface area contributed by atoms with Gasteiger partial charge in [0.1, 0.15) is 0 Å². The van der Waals surface area contributed by atoms with Crippen LogP contribution in [0.25, 0.3) is 92.5 Å². The second-order valence-corrected chi connectivity index (χ2v) is 12.1. The highest BCUT2D eigenvalue weighted by molar-refractivity contribution is 6.26. The van der Waals surface area contributed by atoms with Crippen LogP contribution in [-0.4, -0.2) is 4.57 Å². The van der Waals surface area contributed by atoms with Crippen molar-refractivity contribution in [2.45, 2.75) is 0 Å².